The molecule has 1 amide bonds. The predicted octanol–water partition coefficient (Wildman–Crippen LogP) is 4.53. The molecule has 0 radical (unpaired) electrons. The van der Waals surface area contributed by atoms with Gasteiger partial charge in [-0.2, -0.15) is 13.2 Å². The lowest BCUT2D eigenvalue weighted by Crippen LogP contribution is -2.50. The summed E-state index contributed by atoms with van der Waals surface area (Å²) >= 11 is 0. The molecular formula is C21H34F3N3O4. The summed E-state index contributed by atoms with van der Waals surface area (Å²) in [6.45, 7) is 9.82. The summed E-state index contributed by atoms with van der Waals surface area (Å²) in [5.41, 5.74) is -0.969. The van der Waals surface area contributed by atoms with Crippen molar-refractivity contribution >= 4 is 11.8 Å². The topological polar surface area (TPSA) is 85.6 Å². The number of hydrogen-bond acceptors (Lipinski definition) is 6. The van der Waals surface area contributed by atoms with Gasteiger partial charge < -0.3 is 19.3 Å². The Kier molecular flexibility index (Phi) is 8.52. The fourth-order valence-corrected chi connectivity index (χ4v) is 3.10. The molecule has 1 fully saturated rings. The monoisotopic (exact) mass is 449 g/mol. The van der Waals surface area contributed by atoms with Crippen LogP contribution in [0.25, 0.3) is 0 Å². The summed E-state index contributed by atoms with van der Waals surface area (Å²) in [4.78, 5) is 12.6. The smallest absolute Gasteiger partial charge is 0.353 e. The molecule has 178 valence electrons. The first-order valence-corrected chi connectivity index (χ1v) is 10.7. The van der Waals surface area contributed by atoms with Crippen LogP contribution >= 0.6 is 0 Å². The number of nitrogens with zero attached hydrogens (tertiary/aromatic N) is 1. The lowest BCUT2D eigenvalue weighted by molar-refractivity contribution is -0.196. The minimum atomic E-state index is -4.21. The van der Waals surface area contributed by atoms with Gasteiger partial charge in [-0.25, -0.2) is 0 Å². The highest BCUT2D eigenvalue weighted by atomic mass is 19.4. The summed E-state index contributed by atoms with van der Waals surface area (Å²) in [6, 6.07) is 1.64. The molecule has 2 heterocycles. The van der Waals surface area contributed by atoms with E-state index in [0.29, 0.717) is 12.3 Å². The van der Waals surface area contributed by atoms with Crippen LogP contribution in [0.15, 0.2) is 10.6 Å². The molecule has 0 aliphatic carbocycles. The van der Waals surface area contributed by atoms with Crippen LogP contribution in [0.5, 0.6) is 0 Å². The largest absolute Gasteiger partial charge is 0.389 e. The summed E-state index contributed by atoms with van der Waals surface area (Å²) in [5.74, 6) is -0.265. The predicted molar refractivity (Wildman–Crippen MR) is 110 cm³/mol. The summed E-state index contributed by atoms with van der Waals surface area (Å²) in [5, 5.41) is 9.56. The van der Waals surface area contributed by atoms with Crippen molar-refractivity contribution in [3.63, 3.8) is 0 Å². The number of nitrogens with one attached hydrogen (secondary N) is 2. The zero-order chi connectivity index (χ0) is 23.3. The van der Waals surface area contributed by atoms with Crippen molar-refractivity contribution in [2.45, 2.75) is 96.2 Å². The highest BCUT2D eigenvalue weighted by molar-refractivity contribution is 5.96. The molecule has 2 unspecified atom stereocenters. The molecule has 2 N–H and O–H groups in total. The van der Waals surface area contributed by atoms with Gasteiger partial charge in [-0.1, -0.05) is 19.0 Å². The molecule has 31 heavy (non-hydrogen) atoms. The van der Waals surface area contributed by atoms with Gasteiger partial charge in [0.25, 0.3) is 0 Å². The molecule has 1 saturated heterocycles. The normalized spacial score (nSPS) is 19.3. The summed E-state index contributed by atoms with van der Waals surface area (Å²) in [6.07, 6.45) is -2.70. The minimum Gasteiger partial charge on any atom is -0.353 e. The molecule has 0 bridgehead atoms. The molecular weight excluding hydrogens is 415 g/mol. The van der Waals surface area contributed by atoms with Gasteiger partial charge in [-0.05, 0) is 53.0 Å². The van der Waals surface area contributed by atoms with Crippen LogP contribution in [0.1, 0.15) is 72.4 Å². The molecule has 0 aromatic carbocycles. The zero-order valence-electron chi connectivity index (χ0n) is 18.9. The van der Waals surface area contributed by atoms with Gasteiger partial charge in [0.05, 0.1) is 17.3 Å². The Morgan fingerprint density at radius 2 is 2.00 bits per heavy atom. The van der Waals surface area contributed by atoms with E-state index >= 15 is 0 Å². The fraction of sp³-hybridized carbons (Fsp3) is 0.810. The first-order valence-electron chi connectivity index (χ1n) is 10.7. The van der Waals surface area contributed by atoms with Crippen molar-refractivity contribution in [2.75, 3.05) is 18.5 Å². The average molecular weight is 450 g/mol. The fourth-order valence-electron chi connectivity index (χ4n) is 3.10. The number of rotatable bonds is 10. The van der Waals surface area contributed by atoms with Crippen molar-refractivity contribution in [2.24, 2.45) is 0 Å². The molecule has 1 aliphatic rings. The first kappa shape index (κ1) is 25.6. The maximum Gasteiger partial charge on any atom is 0.389 e. The lowest BCUT2D eigenvalue weighted by atomic mass is 9.84. The van der Waals surface area contributed by atoms with Crippen molar-refractivity contribution in [3.8, 4) is 0 Å². The van der Waals surface area contributed by atoms with Crippen LogP contribution < -0.4 is 10.6 Å². The zero-order valence-corrected chi connectivity index (χ0v) is 18.9. The number of carbonyl (C=O) groups is 1. The Balaban J connectivity index is 1.90. The van der Waals surface area contributed by atoms with E-state index in [1.165, 1.54) is 0 Å². The summed E-state index contributed by atoms with van der Waals surface area (Å²) < 4.78 is 53.8. The van der Waals surface area contributed by atoms with Gasteiger partial charge in [0, 0.05) is 24.5 Å². The van der Waals surface area contributed by atoms with Crippen molar-refractivity contribution in [3.05, 3.63) is 11.8 Å². The second-order valence-electron chi connectivity index (χ2n) is 9.10. The van der Waals surface area contributed by atoms with Crippen LogP contribution in [-0.4, -0.2) is 48.3 Å². The number of halogens is 3. The van der Waals surface area contributed by atoms with Gasteiger partial charge >= 0.3 is 6.18 Å². The van der Waals surface area contributed by atoms with E-state index in [4.69, 9.17) is 14.0 Å². The van der Waals surface area contributed by atoms with E-state index in [1.54, 1.807) is 19.9 Å². The van der Waals surface area contributed by atoms with E-state index in [1.807, 2.05) is 20.8 Å². The maximum atomic E-state index is 12.6. The Labute approximate surface area is 181 Å². The van der Waals surface area contributed by atoms with Gasteiger partial charge in [0.15, 0.2) is 6.29 Å². The molecule has 7 nitrogen and oxygen atoms in total. The molecule has 1 aliphatic heterocycles. The van der Waals surface area contributed by atoms with E-state index in [2.05, 4.69) is 15.8 Å². The third-order valence-electron chi connectivity index (χ3n) is 5.69. The maximum absolute atomic E-state index is 12.6. The second kappa shape index (κ2) is 10.3. The Bertz CT molecular complexity index is 713. The number of carbonyl (C=O) groups excluding carboxylic acids is 1. The van der Waals surface area contributed by atoms with Gasteiger partial charge in [0.1, 0.15) is 0 Å². The molecule has 1 aromatic rings. The molecule has 2 rings (SSSR count). The minimum absolute atomic E-state index is 0.0622. The van der Waals surface area contributed by atoms with E-state index < -0.39 is 29.5 Å². The molecule has 0 saturated carbocycles. The number of alkyl halides is 3. The lowest BCUT2D eigenvalue weighted by Gasteiger charge is -2.34. The Morgan fingerprint density at radius 3 is 2.61 bits per heavy atom. The third-order valence-corrected chi connectivity index (χ3v) is 5.69. The quantitative estimate of drug-likeness (QED) is 0.511. The second-order valence-corrected chi connectivity index (χ2v) is 9.10. The number of aromatic nitrogens is 1. The van der Waals surface area contributed by atoms with Crippen LogP contribution in [0, 0.1) is 0 Å². The van der Waals surface area contributed by atoms with E-state index in [0.717, 1.165) is 19.3 Å². The number of ether oxygens (including phenoxy) is 2. The Morgan fingerprint density at radius 1 is 1.29 bits per heavy atom. The third kappa shape index (κ3) is 7.76. The highest BCUT2D eigenvalue weighted by Crippen LogP contribution is 2.32. The number of hydrogen-bond donors (Lipinski definition) is 2. The molecule has 2 atom stereocenters. The Hall–Kier alpha value is -1.65. The van der Waals surface area contributed by atoms with Crippen LogP contribution in [-0.2, 0) is 19.7 Å². The van der Waals surface area contributed by atoms with Crippen molar-refractivity contribution in [1.29, 1.82) is 0 Å². The molecule has 1 aromatic heterocycles. The van der Waals surface area contributed by atoms with Crippen molar-refractivity contribution < 1.29 is 32.0 Å². The SMILES string of the molecule is CC(OC1CCCCO1)C(C)(C)c1cc(NC(=O)C(C)(C)NCCCC(F)(F)F)on1. The van der Waals surface area contributed by atoms with E-state index in [9.17, 15) is 18.0 Å². The molecule has 10 heteroatoms. The van der Waals surface area contributed by atoms with Gasteiger partial charge in [-0.15, -0.1) is 0 Å². The number of amides is 1. The van der Waals surface area contributed by atoms with E-state index in [-0.39, 0.29) is 31.2 Å². The first-order chi connectivity index (χ1) is 14.3. The summed E-state index contributed by atoms with van der Waals surface area (Å²) in [7, 11) is 0. The van der Waals surface area contributed by atoms with Crippen LogP contribution in [0.3, 0.4) is 0 Å². The average Bonchev–Trinajstić information content (AvgIpc) is 3.14. The van der Waals surface area contributed by atoms with Gasteiger partial charge in [-0.3, -0.25) is 10.1 Å². The van der Waals surface area contributed by atoms with Gasteiger partial charge in [0.2, 0.25) is 11.8 Å². The van der Waals surface area contributed by atoms with Crippen LogP contribution in [0.4, 0.5) is 19.1 Å². The standard InChI is InChI=1S/C21H34F3N3O4/c1-14(30-17-9-6-7-12-29-17)19(2,3)15-13-16(31-27-15)26-18(28)20(4,5)25-11-8-10-21(22,23)24/h13-14,17,25H,6-12H2,1-5H3,(H,26,28). The number of anilines is 1. The molecule has 0 spiro atoms. The van der Waals surface area contributed by atoms with Crippen molar-refractivity contribution in [1.82, 2.24) is 10.5 Å². The highest BCUT2D eigenvalue weighted by Gasteiger charge is 2.35. The van der Waals surface area contributed by atoms with Crippen LogP contribution in [0.2, 0.25) is 0 Å².